The predicted octanol–water partition coefficient (Wildman–Crippen LogP) is 3.93. The van der Waals surface area contributed by atoms with E-state index in [2.05, 4.69) is 37.4 Å². The Balaban J connectivity index is 2.39. The first kappa shape index (κ1) is 14.5. The molecule has 0 fully saturated rings. The standard InChI is InChI=1S/C17H21FN2/c1-12-5-13(2)7-16(6-12)20(4)17-9-14(11-19-3)8-15(18)10-17/h5-10,19H,11H2,1-4H3. The van der Waals surface area contributed by atoms with Gasteiger partial charge in [-0.3, -0.25) is 0 Å². The van der Waals surface area contributed by atoms with E-state index in [9.17, 15) is 4.39 Å². The normalized spacial score (nSPS) is 10.7. The molecule has 0 aliphatic heterocycles. The zero-order chi connectivity index (χ0) is 14.7. The SMILES string of the molecule is CNCc1cc(F)cc(N(C)c2cc(C)cc(C)c2)c1. The maximum atomic E-state index is 13.7. The van der Waals surface area contributed by atoms with E-state index in [-0.39, 0.29) is 5.82 Å². The van der Waals surface area contributed by atoms with E-state index >= 15 is 0 Å². The summed E-state index contributed by atoms with van der Waals surface area (Å²) in [5, 5.41) is 3.05. The molecule has 0 saturated carbocycles. The average molecular weight is 272 g/mol. The highest BCUT2D eigenvalue weighted by molar-refractivity contribution is 5.64. The molecule has 106 valence electrons. The smallest absolute Gasteiger partial charge is 0.125 e. The number of rotatable bonds is 4. The van der Waals surface area contributed by atoms with E-state index in [0.717, 1.165) is 16.9 Å². The van der Waals surface area contributed by atoms with Crippen molar-refractivity contribution in [3.63, 3.8) is 0 Å². The minimum absolute atomic E-state index is 0.205. The third-order valence-electron chi connectivity index (χ3n) is 3.30. The monoisotopic (exact) mass is 272 g/mol. The molecule has 2 aromatic carbocycles. The van der Waals surface area contributed by atoms with Crippen molar-refractivity contribution in [2.45, 2.75) is 20.4 Å². The van der Waals surface area contributed by atoms with E-state index in [1.54, 1.807) is 12.1 Å². The fraction of sp³-hybridized carbons (Fsp3) is 0.294. The van der Waals surface area contributed by atoms with E-state index in [1.807, 2.05) is 25.1 Å². The van der Waals surface area contributed by atoms with Gasteiger partial charge in [0.1, 0.15) is 5.82 Å². The van der Waals surface area contributed by atoms with Gasteiger partial charge in [0.2, 0.25) is 0 Å². The molecule has 0 saturated heterocycles. The summed E-state index contributed by atoms with van der Waals surface area (Å²) < 4.78 is 13.7. The highest BCUT2D eigenvalue weighted by Crippen LogP contribution is 2.27. The van der Waals surface area contributed by atoms with Crippen LogP contribution in [0.2, 0.25) is 0 Å². The number of aryl methyl sites for hydroxylation is 2. The molecule has 0 radical (unpaired) electrons. The molecule has 20 heavy (non-hydrogen) atoms. The van der Waals surface area contributed by atoms with Gasteiger partial charge in [0.25, 0.3) is 0 Å². The Morgan fingerprint density at radius 1 is 0.950 bits per heavy atom. The van der Waals surface area contributed by atoms with Crippen molar-refractivity contribution in [1.29, 1.82) is 0 Å². The van der Waals surface area contributed by atoms with Gasteiger partial charge >= 0.3 is 0 Å². The van der Waals surface area contributed by atoms with Crippen LogP contribution in [0.3, 0.4) is 0 Å². The van der Waals surface area contributed by atoms with Gasteiger partial charge in [0, 0.05) is 25.0 Å². The van der Waals surface area contributed by atoms with Crippen molar-refractivity contribution < 1.29 is 4.39 Å². The van der Waals surface area contributed by atoms with Crippen molar-refractivity contribution >= 4 is 11.4 Å². The maximum absolute atomic E-state index is 13.7. The lowest BCUT2D eigenvalue weighted by atomic mass is 10.1. The van der Waals surface area contributed by atoms with Gasteiger partial charge in [0.15, 0.2) is 0 Å². The highest BCUT2D eigenvalue weighted by atomic mass is 19.1. The van der Waals surface area contributed by atoms with Crippen LogP contribution >= 0.6 is 0 Å². The number of nitrogens with zero attached hydrogens (tertiary/aromatic N) is 1. The molecule has 0 bridgehead atoms. The third kappa shape index (κ3) is 3.36. The first-order valence-corrected chi connectivity index (χ1v) is 6.75. The van der Waals surface area contributed by atoms with Crippen molar-refractivity contribution in [1.82, 2.24) is 5.32 Å². The molecular weight excluding hydrogens is 251 g/mol. The van der Waals surface area contributed by atoms with E-state index < -0.39 is 0 Å². The molecule has 3 heteroatoms. The summed E-state index contributed by atoms with van der Waals surface area (Å²) in [7, 11) is 3.82. The summed E-state index contributed by atoms with van der Waals surface area (Å²) in [5.41, 5.74) is 5.29. The molecule has 0 atom stereocenters. The minimum Gasteiger partial charge on any atom is -0.345 e. The van der Waals surface area contributed by atoms with Crippen LogP contribution in [0, 0.1) is 19.7 Å². The highest BCUT2D eigenvalue weighted by Gasteiger charge is 2.08. The second-order valence-corrected chi connectivity index (χ2v) is 5.25. The van der Waals surface area contributed by atoms with Gasteiger partial charge in [0.05, 0.1) is 0 Å². The number of halogens is 1. The van der Waals surface area contributed by atoms with Gasteiger partial charge in [-0.1, -0.05) is 6.07 Å². The summed E-state index contributed by atoms with van der Waals surface area (Å²) in [6.45, 7) is 4.80. The van der Waals surface area contributed by atoms with Crippen LogP contribution in [-0.4, -0.2) is 14.1 Å². The van der Waals surface area contributed by atoms with Gasteiger partial charge in [-0.25, -0.2) is 4.39 Å². The molecule has 0 aromatic heterocycles. The average Bonchev–Trinajstić information content (AvgIpc) is 2.36. The Hall–Kier alpha value is -1.87. The summed E-state index contributed by atoms with van der Waals surface area (Å²) in [6, 6.07) is 11.5. The quantitative estimate of drug-likeness (QED) is 0.907. The zero-order valence-electron chi connectivity index (χ0n) is 12.5. The molecule has 0 spiro atoms. The van der Waals surface area contributed by atoms with E-state index in [1.165, 1.54) is 11.1 Å². The molecule has 0 unspecified atom stereocenters. The molecule has 2 nitrogen and oxygen atoms in total. The summed E-state index contributed by atoms with van der Waals surface area (Å²) in [6.07, 6.45) is 0. The molecule has 0 aliphatic rings. The summed E-state index contributed by atoms with van der Waals surface area (Å²) in [5.74, 6) is -0.205. The number of anilines is 2. The summed E-state index contributed by atoms with van der Waals surface area (Å²) >= 11 is 0. The van der Waals surface area contributed by atoms with Crippen molar-refractivity contribution in [2.24, 2.45) is 0 Å². The van der Waals surface area contributed by atoms with Crippen molar-refractivity contribution in [3.8, 4) is 0 Å². The van der Waals surface area contributed by atoms with Crippen LogP contribution in [0.1, 0.15) is 16.7 Å². The molecule has 1 N–H and O–H groups in total. The van der Waals surface area contributed by atoms with Crippen LogP contribution in [0.15, 0.2) is 36.4 Å². The third-order valence-corrected chi connectivity index (χ3v) is 3.30. The largest absolute Gasteiger partial charge is 0.345 e. The van der Waals surface area contributed by atoms with Gasteiger partial charge in [-0.2, -0.15) is 0 Å². The molecule has 0 amide bonds. The molecular formula is C17H21FN2. The lowest BCUT2D eigenvalue weighted by Crippen LogP contribution is -2.12. The first-order chi connectivity index (χ1) is 9.49. The number of benzene rings is 2. The van der Waals surface area contributed by atoms with Crippen LogP contribution in [0.4, 0.5) is 15.8 Å². The number of hydrogen-bond acceptors (Lipinski definition) is 2. The van der Waals surface area contributed by atoms with Gasteiger partial charge in [-0.05, 0) is 67.9 Å². The van der Waals surface area contributed by atoms with Crippen molar-refractivity contribution in [2.75, 3.05) is 19.0 Å². The molecule has 0 heterocycles. The second-order valence-electron chi connectivity index (χ2n) is 5.25. The van der Waals surface area contributed by atoms with Crippen LogP contribution in [0.5, 0.6) is 0 Å². The van der Waals surface area contributed by atoms with Gasteiger partial charge < -0.3 is 10.2 Å². The molecule has 0 aliphatic carbocycles. The lowest BCUT2D eigenvalue weighted by Gasteiger charge is -2.21. The predicted molar refractivity (Wildman–Crippen MR) is 83.1 cm³/mol. The first-order valence-electron chi connectivity index (χ1n) is 6.75. The van der Waals surface area contributed by atoms with Crippen molar-refractivity contribution in [3.05, 3.63) is 58.9 Å². The fourth-order valence-electron chi connectivity index (χ4n) is 2.43. The second kappa shape index (κ2) is 6.06. The number of hydrogen-bond donors (Lipinski definition) is 1. The lowest BCUT2D eigenvalue weighted by molar-refractivity contribution is 0.624. The number of nitrogens with one attached hydrogen (secondary N) is 1. The Morgan fingerprint density at radius 3 is 2.15 bits per heavy atom. The Labute approximate surface area is 120 Å². The van der Waals surface area contributed by atoms with E-state index in [4.69, 9.17) is 0 Å². The van der Waals surface area contributed by atoms with Crippen LogP contribution in [-0.2, 0) is 6.54 Å². The molecule has 2 rings (SSSR count). The zero-order valence-corrected chi connectivity index (χ0v) is 12.5. The maximum Gasteiger partial charge on any atom is 0.125 e. The van der Waals surface area contributed by atoms with Gasteiger partial charge in [-0.15, -0.1) is 0 Å². The Morgan fingerprint density at radius 2 is 1.55 bits per heavy atom. The fourth-order valence-corrected chi connectivity index (χ4v) is 2.43. The molecule has 2 aromatic rings. The minimum atomic E-state index is -0.205. The summed E-state index contributed by atoms with van der Waals surface area (Å²) in [4.78, 5) is 2.02. The Bertz CT molecular complexity index is 588. The topological polar surface area (TPSA) is 15.3 Å². The van der Waals surface area contributed by atoms with E-state index in [0.29, 0.717) is 6.54 Å². The Kier molecular flexibility index (Phi) is 4.40. The van der Waals surface area contributed by atoms with Crippen LogP contribution in [0.25, 0.3) is 0 Å². The van der Waals surface area contributed by atoms with Crippen LogP contribution < -0.4 is 10.2 Å².